The van der Waals surface area contributed by atoms with Crippen LogP contribution < -0.4 is 0 Å². The second-order valence-corrected chi connectivity index (χ2v) is 7.58. The molecule has 104 valence electrons. The molecule has 1 unspecified atom stereocenters. The van der Waals surface area contributed by atoms with Crippen LogP contribution in [-0.2, 0) is 12.8 Å². The number of amides is 1. The molecule has 3 heteroatoms. The van der Waals surface area contributed by atoms with Crippen molar-refractivity contribution in [3.05, 3.63) is 21.4 Å². The van der Waals surface area contributed by atoms with Gasteiger partial charge < -0.3 is 4.90 Å². The van der Waals surface area contributed by atoms with Gasteiger partial charge in [-0.2, -0.15) is 0 Å². The standard InChI is InChI=1S/C16H23NOS/c1-10(2)17(13-5-6-13)16(18)15-9-12-8-11(3)4-7-14(12)19-15/h9-11,13H,4-8H2,1-3H3. The minimum absolute atomic E-state index is 0.268. The monoisotopic (exact) mass is 277 g/mol. The summed E-state index contributed by atoms with van der Waals surface area (Å²) in [5, 5.41) is 0. The van der Waals surface area contributed by atoms with Crippen molar-refractivity contribution in [2.24, 2.45) is 5.92 Å². The Morgan fingerprint density at radius 1 is 1.37 bits per heavy atom. The SMILES string of the molecule is CC1CCc2sc(C(=O)N(C(C)C)C3CC3)cc2C1. The molecule has 2 nitrogen and oxygen atoms in total. The fourth-order valence-electron chi connectivity index (χ4n) is 3.11. The lowest BCUT2D eigenvalue weighted by Crippen LogP contribution is -2.38. The lowest BCUT2D eigenvalue weighted by molar-refractivity contribution is 0.0695. The molecule has 2 aliphatic carbocycles. The summed E-state index contributed by atoms with van der Waals surface area (Å²) < 4.78 is 0. The Labute approximate surface area is 119 Å². The topological polar surface area (TPSA) is 20.3 Å². The van der Waals surface area contributed by atoms with Gasteiger partial charge in [-0.3, -0.25) is 4.79 Å². The van der Waals surface area contributed by atoms with Crippen LogP contribution in [0.1, 0.15) is 60.1 Å². The molecule has 0 spiro atoms. The predicted molar refractivity (Wildman–Crippen MR) is 79.8 cm³/mol. The van der Waals surface area contributed by atoms with E-state index in [0.29, 0.717) is 12.1 Å². The first kappa shape index (κ1) is 13.2. The minimum Gasteiger partial charge on any atom is -0.333 e. The molecule has 0 bridgehead atoms. The quantitative estimate of drug-likeness (QED) is 0.821. The minimum atomic E-state index is 0.268. The molecule has 1 atom stereocenters. The van der Waals surface area contributed by atoms with Crippen molar-refractivity contribution in [3.63, 3.8) is 0 Å². The Morgan fingerprint density at radius 3 is 2.74 bits per heavy atom. The molecule has 1 amide bonds. The van der Waals surface area contributed by atoms with Crippen molar-refractivity contribution in [2.45, 2.75) is 65.0 Å². The van der Waals surface area contributed by atoms with Crippen molar-refractivity contribution in [1.82, 2.24) is 4.90 Å². The third kappa shape index (κ3) is 2.58. The van der Waals surface area contributed by atoms with Crippen molar-refractivity contribution in [2.75, 3.05) is 0 Å². The fraction of sp³-hybridized carbons (Fsp3) is 0.688. The molecule has 1 fully saturated rings. The summed E-state index contributed by atoms with van der Waals surface area (Å²) in [4.78, 5) is 17.2. The van der Waals surface area contributed by atoms with E-state index in [0.717, 1.165) is 17.2 Å². The van der Waals surface area contributed by atoms with E-state index in [9.17, 15) is 4.79 Å². The van der Waals surface area contributed by atoms with Crippen molar-refractivity contribution >= 4 is 17.2 Å². The summed E-state index contributed by atoms with van der Waals surface area (Å²) in [5.74, 6) is 1.04. The van der Waals surface area contributed by atoms with Crippen molar-refractivity contribution in [1.29, 1.82) is 0 Å². The van der Waals surface area contributed by atoms with E-state index in [1.54, 1.807) is 11.3 Å². The smallest absolute Gasteiger partial charge is 0.264 e. The maximum Gasteiger partial charge on any atom is 0.264 e. The molecular formula is C16H23NOS. The molecule has 19 heavy (non-hydrogen) atoms. The highest BCUT2D eigenvalue weighted by Crippen LogP contribution is 2.35. The Hall–Kier alpha value is -0.830. The van der Waals surface area contributed by atoms with Crippen LogP contribution in [0.3, 0.4) is 0 Å². The van der Waals surface area contributed by atoms with Gasteiger partial charge in [0, 0.05) is 17.0 Å². The number of aryl methyl sites for hydroxylation is 1. The highest BCUT2D eigenvalue weighted by molar-refractivity contribution is 7.14. The van der Waals surface area contributed by atoms with Gasteiger partial charge in [0.25, 0.3) is 5.91 Å². The number of carbonyl (C=O) groups is 1. The molecule has 0 saturated heterocycles. The maximum absolute atomic E-state index is 12.7. The average molecular weight is 277 g/mol. The van der Waals surface area contributed by atoms with Gasteiger partial charge >= 0.3 is 0 Å². The van der Waals surface area contributed by atoms with Gasteiger partial charge in [-0.05, 0) is 63.5 Å². The van der Waals surface area contributed by atoms with E-state index in [1.165, 1.54) is 36.1 Å². The first-order valence-corrected chi connectivity index (χ1v) is 8.32. The maximum atomic E-state index is 12.7. The van der Waals surface area contributed by atoms with Crippen LogP contribution in [0, 0.1) is 5.92 Å². The third-order valence-electron chi connectivity index (χ3n) is 4.27. The van der Waals surface area contributed by atoms with E-state index in [2.05, 4.69) is 31.7 Å². The first-order chi connectivity index (χ1) is 9.06. The summed E-state index contributed by atoms with van der Waals surface area (Å²) in [6, 6.07) is 3.00. The second-order valence-electron chi connectivity index (χ2n) is 6.44. The molecular weight excluding hydrogens is 254 g/mol. The zero-order chi connectivity index (χ0) is 13.6. The second kappa shape index (κ2) is 4.93. The highest BCUT2D eigenvalue weighted by Gasteiger charge is 2.35. The summed E-state index contributed by atoms with van der Waals surface area (Å²) in [6.07, 6.45) is 5.97. The van der Waals surface area contributed by atoms with Crippen LogP contribution >= 0.6 is 11.3 Å². The molecule has 2 aliphatic rings. The lowest BCUT2D eigenvalue weighted by atomic mass is 9.90. The number of hydrogen-bond acceptors (Lipinski definition) is 2. The Balaban J connectivity index is 1.83. The number of rotatable bonds is 3. The van der Waals surface area contributed by atoms with Crippen LogP contribution in [-0.4, -0.2) is 22.9 Å². The number of fused-ring (bicyclic) bond motifs is 1. The van der Waals surface area contributed by atoms with E-state index in [1.807, 2.05) is 0 Å². The van der Waals surface area contributed by atoms with E-state index < -0.39 is 0 Å². The predicted octanol–water partition coefficient (Wildman–Crippen LogP) is 3.89. The first-order valence-electron chi connectivity index (χ1n) is 7.50. The van der Waals surface area contributed by atoms with Crippen molar-refractivity contribution in [3.8, 4) is 0 Å². The zero-order valence-corrected chi connectivity index (χ0v) is 12.9. The molecule has 0 radical (unpaired) electrons. The van der Waals surface area contributed by atoms with Crippen molar-refractivity contribution < 1.29 is 4.79 Å². The molecule has 0 N–H and O–H groups in total. The molecule has 1 aromatic heterocycles. The summed E-state index contributed by atoms with van der Waals surface area (Å²) in [7, 11) is 0. The third-order valence-corrected chi connectivity index (χ3v) is 5.50. The van der Waals surface area contributed by atoms with Crippen LogP contribution in [0.5, 0.6) is 0 Å². The van der Waals surface area contributed by atoms with Crippen LogP contribution in [0.4, 0.5) is 0 Å². The van der Waals surface area contributed by atoms with Crippen LogP contribution in [0.2, 0.25) is 0 Å². The van der Waals surface area contributed by atoms with E-state index in [-0.39, 0.29) is 5.91 Å². The van der Waals surface area contributed by atoms with Crippen LogP contribution in [0.15, 0.2) is 6.07 Å². The summed E-state index contributed by atoms with van der Waals surface area (Å²) in [5.41, 5.74) is 1.44. The largest absolute Gasteiger partial charge is 0.333 e. The molecule has 3 rings (SSSR count). The zero-order valence-electron chi connectivity index (χ0n) is 12.1. The summed E-state index contributed by atoms with van der Waals surface area (Å²) in [6.45, 7) is 6.57. The number of hydrogen-bond donors (Lipinski definition) is 0. The molecule has 1 aromatic rings. The van der Waals surface area contributed by atoms with Gasteiger partial charge in [-0.15, -0.1) is 11.3 Å². The van der Waals surface area contributed by atoms with Gasteiger partial charge in [0.15, 0.2) is 0 Å². The average Bonchev–Trinajstić information content (AvgIpc) is 3.07. The van der Waals surface area contributed by atoms with E-state index >= 15 is 0 Å². The molecule has 0 aromatic carbocycles. The van der Waals surface area contributed by atoms with Crippen LogP contribution in [0.25, 0.3) is 0 Å². The number of carbonyl (C=O) groups excluding carboxylic acids is 1. The number of thiophene rings is 1. The highest BCUT2D eigenvalue weighted by atomic mass is 32.1. The van der Waals surface area contributed by atoms with Gasteiger partial charge in [0.05, 0.1) is 4.88 Å². The van der Waals surface area contributed by atoms with Gasteiger partial charge in [-0.25, -0.2) is 0 Å². The van der Waals surface area contributed by atoms with Gasteiger partial charge in [-0.1, -0.05) is 6.92 Å². The normalized spacial score (nSPS) is 22.4. The molecule has 1 heterocycles. The Morgan fingerprint density at radius 2 is 2.11 bits per heavy atom. The van der Waals surface area contributed by atoms with Gasteiger partial charge in [0.2, 0.25) is 0 Å². The Bertz CT molecular complexity index is 485. The molecule has 1 saturated carbocycles. The molecule has 0 aliphatic heterocycles. The van der Waals surface area contributed by atoms with Gasteiger partial charge in [0.1, 0.15) is 0 Å². The lowest BCUT2D eigenvalue weighted by Gasteiger charge is -2.26. The number of nitrogens with zero attached hydrogens (tertiary/aromatic N) is 1. The fourth-order valence-corrected chi connectivity index (χ4v) is 4.27. The Kier molecular flexibility index (Phi) is 3.42. The summed E-state index contributed by atoms with van der Waals surface area (Å²) >= 11 is 1.75. The van der Waals surface area contributed by atoms with E-state index in [4.69, 9.17) is 0 Å².